The molecule has 0 bridgehead atoms. The van der Waals surface area contributed by atoms with Gasteiger partial charge in [-0.05, 0) is 0 Å². The quantitative estimate of drug-likeness (QED) is 0.719. The first kappa shape index (κ1) is 12.2. The van der Waals surface area contributed by atoms with Gasteiger partial charge in [0.25, 0.3) is 0 Å². The molecule has 3 nitrogen and oxygen atoms in total. The molecule has 0 aliphatic heterocycles. The Hall–Kier alpha value is 0.204. The van der Waals surface area contributed by atoms with Crippen molar-refractivity contribution >= 4 is 22.0 Å². The number of aromatic nitrogens is 2. The van der Waals surface area contributed by atoms with Crippen molar-refractivity contribution in [2.24, 2.45) is 7.05 Å². The van der Waals surface area contributed by atoms with Crippen molar-refractivity contribution in [2.45, 2.75) is 0 Å². The van der Waals surface area contributed by atoms with Gasteiger partial charge in [-0.1, -0.05) is 0 Å². The van der Waals surface area contributed by atoms with Crippen LogP contribution in [0.3, 0.4) is 0 Å². The number of hydrogen-bond donors (Lipinski definition) is 0. The van der Waals surface area contributed by atoms with Crippen LogP contribution >= 0.6 is 15.9 Å². The molecular weight excluding hydrogens is 297 g/mol. The minimum atomic E-state index is -0.292. The van der Waals surface area contributed by atoms with E-state index in [2.05, 4.69) is 27.1 Å². The molecule has 1 heterocycles. The molecule has 1 rings (SSSR count). The summed E-state index contributed by atoms with van der Waals surface area (Å²) >= 11 is 2.98. The summed E-state index contributed by atoms with van der Waals surface area (Å²) in [6, 6.07) is 2.51. The predicted octanol–water partition coefficient (Wildman–Crippen LogP) is 0.787. The van der Waals surface area contributed by atoms with Gasteiger partial charge in [0.15, 0.2) is 0 Å². The molecule has 1 radical (unpaired) electrons. The Labute approximate surface area is 104 Å². The molecule has 61 valence electrons. The summed E-state index contributed by atoms with van der Waals surface area (Å²) in [6.07, 6.45) is 1.28. The zero-order chi connectivity index (χ0) is 8.43. The van der Waals surface area contributed by atoms with Crippen LogP contribution < -0.4 is 5.43 Å². The Morgan fingerprint density at radius 3 is 2.83 bits per heavy atom. The third-order valence-electron chi connectivity index (χ3n) is 1.17. The molecule has 0 N–H and O–H groups in total. The molecule has 0 saturated heterocycles. The fourth-order valence-electron chi connectivity index (χ4n) is 0.629. The first-order chi connectivity index (χ1) is 5.15. The summed E-state index contributed by atoms with van der Waals surface area (Å²) in [5.74, 6) is 0. The van der Waals surface area contributed by atoms with E-state index < -0.39 is 0 Å². The van der Waals surface area contributed by atoms with Crippen molar-refractivity contribution < 1.29 is 32.7 Å². The summed E-state index contributed by atoms with van der Waals surface area (Å²) in [7, 11) is 1.68. The predicted molar refractivity (Wildman–Crippen MR) is 44.8 cm³/mol. The number of aryl methyl sites for hydroxylation is 1. The summed E-state index contributed by atoms with van der Waals surface area (Å²) in [4.78, 5) is 10.9. The van der Waals surface area contributed by atoms with Crippen LogP contribution in [0.5, 0.6) is 0 Å². The first-order valence-electron chi connectivity index (χ1n) is 2.86. The Kier molecular flexibility index (Phi) is 5.13. The number of hydrogen-bond acceptors (Lipinski definition) is 2. The maximum absolute atomic E-state index is 10.9. The molecular formula is C7H5BrN2OY-2. The number of halogens is 1. The van der Waals surface area contributed by atoms with E-state index in [1.54, 1.807) is 7.05 Å². The van der Waals surface area contributed by atoms with Gasteiger partial charge in [0.1, 0.15) is 0 Å². The second kappa shape index (κ2) is 5.05. The average molecular weight is 302 g/mol. The van der Waals surface area contributed by atoms with Gasteiger partial charge in [-0.25, -0.2) is 16.9 Å². The summed E-state index contributed by atoms with van der Waals surface area (Å²) < 4.78 is 1.71. The van der Waals surface area contributed by atoms with Crippen LogP contribution in [0.2, 0.25) is 0 Å². The van der Waals surface area contributed by atoms with Crippen LogP contribution in [0.1, 0.15) is 5.69 Å². The molecule has 5 heteroatoms. The molecule has 0 amide bonds. The largest absolute Gasteiger partial charge is 0.381 e. The van der Waals surface area contributed by atoms with Crippen LogP contribution in [0.25, 0.3) is 6.08 Å². The van der Waals surface area contributed by atoms with Gasteiger partial charge in [-0.2, -0.15) is 0 Å². The van der Waals surface area contributed by atoms with Crippen LogP contribution in [0.4, 0.5) is 0 Å². The molecule has 0 unspecified atom stereocenters. The second-order valence-electron chi connectivity index (χ2n) is 1.92. The minimum absolute atomic E-state index is 0. The molecule has 0 aromatic carbocycles. The summed E-state index contributed by atoms with van der Waals surface area (Å²) in [5, 5.41) is 3.82. The number of rotatable bonds is 1. The molecule has 0 atom stereocenters. The Morgan fingerprint density at radius 2 is 2.33 bits per heavy atom. The van der Waals surface area contributed by atoms with Crippen molar-refractivity contribution in [3.05, 3.63) is 33.2 Å². The zero-order valence-corrected chi connectivity index (χ0v) is 10.8. The Morgan fingerprint density at radius 1 is 1.75 bits per heavy atom. The van der Waals surface area contributed by atoms with E-state index in [4.69, 9.17) is 6.58 Å². The van der Waals surface area contributed by atoms with Crippen molar-refractivity contribution in [1.82, 2.24) is 9.78 Å². The molecule has 1 aromatic heterocycles. The normalized spacial score (nSPS) is 8.83. The van der Waals surface area contributed by atoms with Crippen molar-refractivity contribution in [2.75, 3.05) is 0 Å². The summed E-state index contributed by atoms with van der Waals surface area (Å²) in [5.41, 5.74) is 0.179. The van der Waals surface area contributed by atoms with Crippen LogP contribution in [-0.2, 0) is 39.8 Å². The zero-order valence-electron chi connectivity index (χ0n) is 6.41. The van der Waals surface area contributed by atoms with Gasteiger partial charge in [0, 0.05) is 39.8 Å². The van der Waals surface area contributed by atoms with Crippen LogP contribution in [0, 0.1) is 12.6 Å². The van der Waals surface area contributed by atoms with E-state index in [0.717, 1.165) is 0 Å². The van der Waals surface area contributed by atoms with Crippen molar-refractivity contribution in [1.29, 1.82) is 0 Å². The summed E-state index contributed by atoms with van der Waals surface area (Å²) in [6.45, 7) is 5.20. The number of nitrogens with zero attached hydrogens (tertiary/aromatic N) is 2. The molecule has 0 fully saturated rings. The second-order valence-corrected chi connectivity index (χ2v) is 2.67. The Bertz CT molecular complexity index is 348. The Balaban J connectivity index is 0.00000121. The molecule has 1 aromatic rings. The van der Waals surface area contributed by atoms with Gasteiger partial charge in [0.2, 0.25) is 0 Å². The fraction of sp³-hybridized carbons (Fsp3) is 0.143. The molecule has 0 saturated carbocycles. The topological polar surface area (TPSA) is 34.9 Å². The SMILES string of the molecule is [CH-]=Cc1[c-]c(=O)c(Br)nn1C.[Y]. The van der Waals surface area contributed by atoms with E-state index in [-0.39, 0.29) is 42.7 Å². The smallest absolute Gasteiger partial charge is 0.0854 e. The monoisotopic (exact) mass is 301 g/mol. The van der Waals surface area contributed by atoms with Gasteiger partial charge in [-0.3, -0.25) is 0 Å². The van der Waals surface area contributed by atoms with E-state index in [0.29, 0.717) is 5.69 Å². The van der Waals surface area contributed by atoms with E-state index in [1.165, 1.54) is 10.8 Å². The molecule has 0 spiro atoms. The third kappa shape index (κ3) is 2.61. The maximum Gasteiger partial charge on any atom is 0.0854 e. The molecule has 0 aliphatic carbocycles. The van der Waals surface area contributed by atoms with Gasteiger partial charge in [0.05, 0.1) is 10.0 Å². The van der Waals surface area contributed by atoms with Crippen molar-refractivity contribution in [3.8, 4) is 0 Å². The van der Waals surface area contributed by atoms with Gasteiger partial charge >= 0.3 is 0 Å². The van der Waals surface area contributed by atoms with Crippen LogP contribution in [0.15, 0.2) is 9.40 Å². The first-order valence-corrected chi connectivity index (χ1v) is 3.65. The van der Waals surface area contributed by atoms with Crippen molar-refractivity contribution in [3.63, 3.8) is 0 Å². The molecule has 12 heavy (non-hydrogen) atoms. The van der Waals surface area contributed by atoms with E-state index in [1.807, 2.05) is 0 Å². The van der Waals surface area contributed by atoms with E-state index >= 15 is 0 Å². The average Bonchev–Trinajstić information content (AvgIpc) is 1.97. The fourth-order valence-corrected chi connectivity index (χ4v) is 0.966. The van der Waals surface area contributed by atoms with E-state index in [9.17, 15) is 4.79 Å². The standard InChI is InChI=1S/C7H5BrN2O.Y/c1-3-5-4-6(11)7(8)9-10(5)2;/h1,3H,2H3;/q-2;. The maximum atomic E-state index is 10.9. The van der Waals surface area contributed by atoms with Gasteiger partial charge in [-0.15, -0.1) is 15.9 Å². The van der Waals surface area contributed by atoms with Crippen LogP contribution in [-0.4, -0.2) is 9.78 Å². The minimum Gasteiger partial charge on any atom is -0.381 e. The molecule has 0 aliphatic rings. The third-order valence-corrected chi connectivity index (χ3v) is 1.69. The van der Waals surface area contributed by atoms with Gasteiger partial charge < -0.3 is 22.1 Å².